The van der Waals surface area contributed by atoms with Crippen LogP contribution in [0, 0.1) is 5.82 Å². The lowest BCUT2D eigenvalue weighted by molar-refractivity contribution is -0.137. The van der Waals surface area contributed by atoms with Crippen LogP contribution in [0.4, 0.5) is 17.6 Å². The molecule has 698 valence electrons. The molecule has 0 saturated heterocycles. The quantitative estimate of drug-likeness (QED) is 0.0101. The zero-order valence-electron chi connectivity index (χ0n) is 73.8. The SMILES string of the molecule is CCNCCCOc1ccc(Oc2c(C(=O)c3ccc(Cl)cc3)sc3cc(O)ccc23)cc1.CCNCCCOc1ccc(Oc2c(C(=O)c3ccc(F)cc3)sc3cc(O)ccc23)cc1.CCNCCCOc1ccc(Oc2c(C(=O)c3ccccc3C(F)(F)F)sc3cc(O)ccc23)cc1.CCNCCCOc1ccc(Oc2c(C(=O)c3ccccc3Cl)sc3cc(O)ccc23)cc1. The average molecular weight is 1950 g/mol. The molecule has 4 aromatic heterocycles. The van der Waals surface area contributed by atoms with Crippen molar-refractivity contribution in [1.82, 2.24) is 21.3 Å². The maximum atomic E-state index is 13.6. The first-order chi connectivity index (χ1) is 65.4. The Morgan fingerprint density at radius 1 is 0.326 bits per heavy atom. The lowest BCUT2D eigenvalue weighted by Crippen LogP contribution is -2.16. The maximum absolute atomic E-state index is 13.6. The number of carbonyl (C=O) groups excluding carboxylic acids is 4. The monoisotopic (exact) mass is 1940 g/mol. The molecule has 0 atom stereocenters. The minimum Gasteiger partial charge on any atom is -0.508 e. The molecular formula is C105H96Cl2F4N4O16S4. The molecule has 16 aromatic rings. The first-order valence-electron chi connectivity index (χ1n) is 43.5. The van der Waals surface area contributed by atoms with Crippen molar-refractivity contribution in [2.45, 2.75) is 59.6 Å². The van der Waals surface area contributed by atoms with Crippen molar-refractivity contribution in [2.75, 3.05) is 78.8 Å². The first-order valence-corrected chi connectivity index (χ1v) is 47.5. The van der Waals surface area contributed by atoms with Gasteiger partial charge in [0, 0.05) is 67.6 Å². The highest BCUT2D eigenvalue weighted by atomic mass is 35.5. The molecule has 20 nitrogen and oxygen atoms in total. The molecule has 0 fully saturated rings. The molecule has 4 heterocycles. The fourth-order valence-electron chi connectivity index (χ4n) is 13.7. The second kappa shape index (κ2) is 48.7. The summed E-state index contributed by atoms with van der Waals surface area (Å²) in [5.74, 6) is 4.93. The van der Waals surface area contributed by atoms with Crippen LogP contribution in [-0.2, 0) is 6.18 Å². The van der Waals surface area contributed by atoms with Gasteiger partial charge >= 0.3 is 6.18 Å². The summed E-state index contributed by atoms with van der Waals surface area (Å²) in [7, 11) is 0. The topological polar surface area (TPSA) is 271 Å². The van der Waals surface area contributed by atoms with Gasteiger partial charge < -0.3 is 79.6 Å². The van der Waals surface area contributed by atoms with E-state index in [0.29, 0.717) is 129 Å². The van der Waals surface area contributed by atoms with Crippen molar-refractivity contribution in [2.24, 2.45) is 0 Å². The van der Waals surface area contributed by atoms with E-state index >= 15 is 0 Å². The van der Waals surface area contributed by atoms with Gasteiger partial charge in [0.25, 0.3) is 0 Å². The normalized spacial score (nSPS) is 11.1. The van der Waals surface area contributed by atoms with Crippen LogP contribution in [0.2, 0.25) is 10.0 Å². The Morgan fingerprint density at radius 3 is 0.889 bits per heavy atom. The number of ketones is 4. The van der Waals surface area contributed by atoms with E-state index in [1.54, 1.807) is 146 Å². The van der Waals surface area contributed by atoms with E-state index in [2.05, 4.69) is 42.0 Å². The third-order valence-electron chi connectivity index (χ3n) is 20.4. The standard InChI is InChI=1S/C27H24F3NO4S.2C26H24ClNO4S.C26H24FNO4S/c1-2-31-14-5-15-34-18-9-11-19(12-10-18)35-25-21-13-8-17(32)16-23(21)36-26(25)24(33)20-6-3-4-7-22(20)27(28,29)30;1-2-28-14-3-15-31-20-9-11-21(12-10-20)32-25-22-13-8-19(29)16-23(22)33-26(25)24(30)17-4-6-18(27)7-5-17;1-2-28-14-5-15-31-18-9-11-19(12-10-18)32-25-21-13-8-17(29)16-23(21)33-26(25)24(30)20-6-3-4-7-22(20)27;1-2-28-14-3-15-31-20-9-11-21(12-10-20)32-25-22-13-8-19(29)16-23(22)33-26(25)24(30)17-4-6-18(27)7-5-17/h3-4,6-13,16,31-32H,2,5,14-15H2,1H3;4-13,16,28-29H,2-3,14-15H2,1H3;3-4,6-13,16,28-29H,2,5,14-15H2,1H3;4-13,16,28-29H,2-3,14-15H2,1H3. The van der Waals surface area contributed by atoms with E-state index in [-0.39, 0.29) is 51.0 Å². The Kier molecular flexibility index (Phi) is 35.9. The van der Waals surface area contributed by atoms with Crippen LogP contribution in [0.5, 0.6) is 92.0 Å². The van der Waals surface area contributed by atoms with Gasteiger partial charge in [-0.05, 0) is 315 Å². The number of phenols is 4. The van der Waals surface area contributed by atoms with Crippen LogP contribution in [0.15, 0.2) is 267 Å². The van der Waals surface area contributed by atoms with E-state index in [4.69, 9.17) is 61.1 Å². The van der Waals surface area contributed by atoms with Crippen molar-refractivity contribution >= 4 is 132 Å². The zero-order valence-corrected chi connectivity index (χ0v) is 78.6. The van der Waals surface area contributed by atoms with Crippen molar-refractivity contribution < 1.29 is 95.1 Å². The summed E-state index contributed by atoms with van der Waals surface area (Å²) in [6, 6.07) is 71.7. The van der Waals surface area contributed by atoms with Gasteiger partial charge in [-0.2, -0.15) is 13.2 Å². The Labute approximate surface area is 803 Å². The van der Waals surface area contributed by atoms with Crippen LogP contribution in [0.3, 0.4) is 0 Å². The Balaban J connectivity index is 0.000000153. The molecule has 0 aliphatic carbocycles. The number of alkyl halides is 3. The highest BCUT2D eigenvalue weighted by Crippen LogP contribution is 2.49. The van der Waals surface area contributed by atoms with E-state index in [0.717, 1.165) is 144 Å². The summed E-state index contributed by atoms with van der Waals surface area (Å²) in [5.41, 5.74) is -0.204. The number of ether oxygens (including phenoxy) is 8. The predicted octanol–water partition coefficient (Wildman–Crippen LogP) is 26.5. The second-order valence-electron chi connectivity index (χ2n) is 30.1. The summed E-state index contributed by atoms with van der Waals surface area (Å²) in [5, 5.41) is 56.3. The number of thiophene rings is 4. The number of fused-ring (bicyclic) bond motifs is 4. The number of rotatable bonds is 40. The predicted molar refractivity (Wildman–Crippen MR) is 529 cm³/mol. The third kappa shape index (κ3) is 27.2. The minimum absolute atomic E-state index is 0.0102. The van der Waals surface area contributed by atoms with E-state index < -0.39 is 28.9 Å². The van der Waals surface area contributed by atoms with Crippen molar-refractivity contribution in [3.05, 3.63) is 330 Å². The lowest BCUT2D eigenvalue weighted by atomic mass is 10.0. The molecule has 8 N–H and O–H groups in total. The first kappa shape index (κ1) is 99.4. The maximum Gasteiger partial charge on any atom is 0.417 e. The van der Waals surface area contributed by atoms with Crippen molar-refractivity contribution in [3.63, 3.8) is 0 Å². The van der Waals surface area contributed by atoms with Gasteiger partial charge in [0.2, 0.25) is 23.1 Å². The number of aromatic hydroxyl groups is 4. The highest BCUT2D eigenvalue weighted by Gasteiger charge is 2.37. The van der Waals surface area contributed by atoms with Gasteiger partial charge in [0.15, 0.2) is 23.0 Å². The Hall–Kier alpha value is -13.1. The van der Waals surface area contributed by atoms with Gasteiger partial charge in [-0.1, -0.05) is 81.2 Å². The van der Waals surface area contributed by atoms with Crippen molar-refractivity contribution in [1.29, 1.82) is 0 Å². The third-order valence-corrected chi connectivity index (χ3v) is 25.5. The van der Waals surface area contributed by atoms with Crippen LogP contribution < -0.4 is 59.2 Å². The van der Waals surface area contributed by atoms with Crippen LogP contribution in [0.25, 0.3) is 40.3 Å². The molecule has 0 bridgehead atoms. The smallest absolute Gasteiger partial charge is 0.417 e. The van der Waals surface area contributed by atoms with Crippen molar-refractivity contribution in [3.8, 4) is 92.0 Å². The van der Waals surface area contributed by atoms with E-state index in [9.17, 15) is 57.2 Å². The summed E-state index contributed by atoms with van der Waals surface area (Å²) in [6.45, 7) is 18.0. The molecule has 0 spiro atoms. The number of carbonyl (C=O) groups is 4. The number of benzene rings is 12. The molecule has 0 unspecified atom stereocenters. The van der Waals surface area contributed by atoms with Crippen LogP contribution in [-0.4, -0.2) is 122 Å². The van der Waals surface area contributed by atoms with Crippen LogP contribution >= 0.6 is 68.5 Å². The molecule has 0 amide bonds. The molecule has 12 aromatic carbocycles. The summed E-state index contributed by atoms with van der Waals surface area (Å²) < 4.78 is 104. The summed E-state index contributed by atoms with van der Waals surface area (Å²) in [6.07, 6.45) is -1.08. The lowest BCUT2D eigenvalue weighted by Gasteiger charge is -2.13. The number of nitrogens with one attached hydrogen (secondary N) is 4. The largest absolute Gasteiger partial charge is 0.508 e. The molecule has 0 aliphatic heterocycles. The van der Waals surface area contributed by atoms with E-state index in [1.807, 2.05) is 67.6 Å². The average Bonchev–Trinajstić information content (AvgIpc) is 1.66. The van der Waals surface area contributed by atoms with Gasteiger partial charge in [0.05, 0.1) is 37.0 Å². The summed E-state index contributed by atoms with van der Waals surface area (Å²) in [4.78, 5) is 54.4. The Bertz CT molecular complexity index is 6480. The number of hydrogen-bond acceptors (Lipinski definition) is 24. The molecule has 0 radical (unpaired) electrons. The zero-order chi connectivity index (χ0) is 95.3. The second-order valence-corrected chi connectivity index (χ2v) is 35.2. The summed E-state index contributed by atoms with van der Waals surface area (Å²) >= 11 is 17.0. The number of halogens is 6. The Morgan fingerprint density at radius 2 is 0.593 bits per heavy atom. The van der Waals surface area contributed by atoms with Gasteiger partial charge in [-0.25, -0.2) is 4.39 Å². The van der Waals surface area contributed by atoms with E-state index in [1.165, 1.54) is 82.5 Å². The van der Waals surface area contributed by atoms with Gasteiger partial charge in [-0.3, -0.25) is 19.2 Å². The minimum atomic E-state index is -4.69. The number of hydrogen-bond donors (Lipinski definition) is 8. The molecule has 30 heteroatoms. The fraction of sp³-hybridized carbons (Fsp3) is 0.200. The molecule has 0 aliphatic rings. The molecule has 16 rings (SSSR count). The number of phenolic OH excluding ortho intramolecular Hbond substituents is 4. The molecule has 0 saturated carbocycles. The molecule has 135 heavy (non-hydrogen) atoms. The van der Waals surface area contributed by atoms with Gasteiger partial charge in [-0.15, -0.1) is 45.3 Å². The van der Waals surface area contributed by atoms with Crippen LogP contribution in [0.1, 0.15) is 120 Å². The van der Waals surface area contributed by atoms with Gasteiger partial charge in [0.1, 0.15) is 94.3 Å². The fourth-order valence-corrected chi connectivity index (χ4v) is 18.5. The molecular weight excluding hydrogens is 1850 g/mol. The highest BCUT2D eigenvalue weighted by molar-refractivity contribution is 7.22.